The van der Waals surface area contributed by atoms with Crippen LogP contribution in [-0.2, 0) is 90.6 Å². The zero-order valence-electron chi connectivity index (χ0n) is 53.6. The van der Waals surface area contributed by atoms with E-state index in [1.165, 1.54) is 10.5 Å². The Bertz CT molecular complexity index is 3480. The van der Waals surface area contributed by atoms with Crippen molar-refractivity contribution < 1.29 is 89.3 Å². The molecule has 5 aromatic heterocycles. The monoisotopic (exact) mass is 1370 g/mol. The van der Waals surface area contributed by atoms with Gasteiger partial charge in [0.05, 0.1) is 36.7 Å². The Morgan fingerprint density at radius 2 is 1.11 bits per heavy atom. The second-order valence-corrected chi connectivity index (χ2v) is 24.6. The second kappa shape index (κ2) is 37.7. The van der Waals surface area contributed by atoms with Gasteiger partial charge in [0.2, 0.25) is 10.0 Å². The first-order valence-corrected chi connectivity index (χ1v) is 32.2. The van der Waals surface area contributed by atoms with Crippen LogP contribution in [0.5, 0.6) is 0 Å². The molecule has 3 fully saturated rings. The predicted octanol–water partition coefficient (Wildman–Crippen LogP) is 11.2. The van der Waals surface area contributed by atoms with Crippen LogP contribution in [0.15, 0.2) is 164 Å². The lowest BCUT2D eigenvalue weighted by molar-refractivity contribution is -0.376. The molecule has 2 N–H and O–H groups in total. The fourth-order valence-electron chi connectivity index (χ4n) is 10.1. The smallest absolute Gasteiger partial charge is 0.430 e. The highest BCUT2D eigenvalue weighted by Gasteiger charge is 2.71. The van der Waals surface area contributed by atoms with Gasteiger partial charge in [-0.25, -0.2) is 13.2 Å². The van der Waals surface area contributed by atoms with Crippen LogP contribution in [0, 0.1) is 16.7 Å². The zero-order valence-corrected chi connectivity index (χ0v) is 54.5. The van der Waals surface area contributed by atoms with Crippen LogP contribution in [0.3, 0.4) is 0 Å². The fraction of sp³-hybridized carbons (Fsp3) is 0.449. The molecule has 1 saturated heterocycles. The van der Waals surface area contributed by atoms with Crippen LogP contribution < -0.4 is 0 Å². The number of sulfonamides is 1. The van der Waals surface area contributed by atoms with Crippen molar-refractivity contribution in [2.24, 2.45) is 16.7 Å². The van der Waals surface area contributed by atoms with E-state index in [4.69, 9.17) is 24.1 Å². The summed E-state index contributed by atoms with van der Waals surface area (Å²) in [4.78, 5) is 77.8. The first-order chi connectivity index (χ1) is 45.1. The molecule has 9 rings (SSSR count). The number of rotatable bonds is 24. The molecule has 96 heavy (non-hydrogen) atoms. The summed E-state index contributed by atoms with van der Waals surface area (Å²) in [6, 6.07) is 20.3. The highest BCUT2D eigenvalue weighted by atomic mass is 32.2. The van der Waals surface area contributed by atoms with Gasteiger partial charge in [0.1, 0.15) is 0 Å². The average molecular weight is 1370 g/mol. The van der Waals surface area contributed by atoms with Crippen molar-refractivity contribution in [2.75, 3.05) is 52.6 Å². The molecule has 0 bridgehead atoms. The SMILES string of the molecule is C.C=C(Cc1cccnc1)C(=O)OCC.CCOC(=O)C(Cc1cccnc1)C(=O)O.CCOC(=O)C1(Cc2cccnc2)CC1.CCOC(=O)CCc1cccnc1.C[C@@H]1CN(CC2(Cc3cccnc3)CC2)CCN1S(=O)(=O)c1ccc(C(O)(C(F)(F)F)C(F)(F)F)cc1.[2HH]. The molecule has 2 atom stereocenters. The van der Waals surface area contributed by atoms with Crippen LogP contribution in [0.2, 0.25) is 0 Å². The van der Waals surface area contributed by atoms with Gasteiger partial charge in [0.15, 0.2) is 5.92 Å². The van der Waals surface area contributed by atoms with Gasteiger partial charge in [-0.2, -0.15) is 30.6 Å². The molecule has 20 nitrogen and oxygen atoms in total. The number of aliphatic hydroxyl groups is 1. The number of carbonyl (C=O) groups is 5. The van der Waals surface area contributed by atoms with Crippen molar-refractivity contribution in [3.8, 4) is 0 Å². The molecule has 1 unspecified atom stereocenters. The van der Waals surface area contributed by atoms with Crippen LogP contribution in [0.25, 0.3) is 0 Å². The van der Waals surface area contributed by atoms with Crippen LogP contribution in [-0.4, -0.2) is 154 Å². The molecule has 0 radical (unpaired) electrons. The molecular formula is C69H87F6N7O13S. The standard InChI is InChI=1S/C24H27F6N3O3S.C12H15NO2.C11H13NO4.C11H13NO2.C10H13NO2.CH4.H2/c1-17-15-32(16-21(8-9-21)13-18-3-2-10-31-14-18)11-12-33(17)37(35,36)20-6-4-19(5-7-20)22(34,23(25,26)27)24(28,29)30;1-2-15-11(14)12(5-6-12)8-10-4-3-7-13-9-10;1-2-16-11(15)9(10(13)14)6-8-4-3-5-12-7-8;1-3-14-11(13)9(2)7-10-5-4-6-12-8-10;1-2-13-10(12)6-5-9-4-3-7-11-8-9;;/h2-7,10,14,17,34H,8-9,11-13,15-16H2,1H3;3-4,7,9H,2,5-6,8H2,1H3;3-5,7,9H,2,6H2,1H3,(H,13,14);4-6,8H,2-3,7H2,1H3;3-4,7-8H,2,5-6H2,1H3;1H4;1H/t17-;;;;;;/m1....../s1/i;;;;;;1+1. The summed E-state index contributed by atoms with van der Waals surface area (Å²) in [6.45, 7) is 15.7. The lowest BCUT2D eigenvalue weighted by Crippen LogP contribution is -2.55. The molecule has 27 heteroatoms. The molecule has 524 valence electrons. The molecule has 6 aromatic rings. The largest absolute Gasteiger partial charge is 0.481 e. The second-order valence-electron chi connectivity index (χ2n) is 22.7. The van der Waals surface area contributed by atoms with Gasteiger partial charge in [0, 0.05) is 120 Å². The van der Waals surface area contributed by atoms with Gasteiger partial charge in [-0.3, -0.25) is 49.0 Å². The van der Waals surface area contributed by atoms with Crippen molar-refractivity contribution in [3.63, 3.8) is 0 Å². The number of halogens is 6. The minimum absolute atomic E-state index is 0. The molecular weight excluding hydrogens is 1280 g/mol. The third-order valence-electron chi connectivity index (χ3n) is 15.4. The maximum Gasteiger partial charge on any atom is 0.430 e. The van der Waals surface area contributed by atoms with E-state index in [0.29, 0.717) is 87.6 Å². The number of carboxylic acids is 1. The van der Waals surface area contributed by atoms with E-state index in [1.54, 1.807) is 76.3 Å². The number of piperazine rings is 1. The van der Waals surface area contributed by atoms with Gasteiger partial charge >= 0.3 is 42.2 Å². The summed E-state index contributed by atoms with van der Waals surface area (Å²) >= 11 is 0. The lowest BCUT2D eigenvalue weighted by atomic mass is 9.92. The molecule has 1 aliphatic heterocycles. The van der Waals surface area contributed by atoms with Crippen LogP contribution in [0.4, 0.5) is 26.3 Å². The van der Waals surface area contributed by atoms with E-state index >= 15 is 0 Å². The number of aliphatic carboxylic acids is 1. The number of carboxylic acid groups (broad SMARTS) is 1. The van der Waals surface area contributed by atoms with E-state index in [0.717, 1.165) is 67.3 Å². The Labute approximate surface area is 558 Å². The topological polar surface area (TPSA) is 268 Å². The van der Waals surface area contributed by atoms with E-state index in [2.05, 4.69) is 36.4 Å². The minimum atomic E-state index is -6.05. The number of alkyl halides is 6. The summed E-state index contributed by atoms with van der Waals surface area (Å²) in [5.41, 5.74) is -1.30. The number of aryl methyl sites for hydroxylation is 1. The highest BCUT2D eigenvalue weighted by Crippen LogP contribution is 2.52. The first kappa shape index (κ1) is 79.9. The zero-order chi connectivity index (χ0) is 69.9. The van der Waals surface area contributed by atoms with Crippen molar-refractivity contribution in [1.82, 2.24) is 34.1 Å². The van der Waals surface area contributed by atoms with Crippen molar-refractivity contribution >= 4 is 39.9 Å². The number of pyridine rings is 5. The highest BCUT2D eigenvalue weighted by molar-refractivity contribution is 7.89. The Hall–Kier alpha value is -8.53. The summed E-state index contributed by atoms with van der Waals surface area (Å²) in [6.07, 6.45) is 12.4. The average Bonchev–Trinajstić information content (AvgIpc) is 1.57. The Balaban J connectivity index is 0.000000342. The first-order valence-electron chi connectivity index (χ1n) is 30.8. The molecule has 0 spiro atoms. The third-order valence-corrected chi connectivity index (χ3v) is 17.4. The molecule has 1 aromatic carbocycles. The van der Waals surface area contributed by atoms with E-state index in [-0.39, 0.29) is 57.2 Å². The predicted molar refractivity (Wildman–Crippen MR) is 346 cm³/mol. The number of ether oxygens (including phenoxy) is 4. The quantitative estimate of drug-likeness (QED) is 0.0187. The molecule has 3 aliphatic rings. The Kier molecular flexibility index (Phi) is 31.4. The summed E-state index contributed by atoms with van der Waals surface area (Å²) in [7, 11) is -4.19. The minimum Gasteiger partial charge on any atom is -0.481 e. The van der Waals surface area contributed by atoms with Gasteiger partial charge in [-0.05, 0) is 162 Å². The fourth-order valence-corrected chi connectivity index (χ4v) is 11.7. The normalized spacial score (nSPS) is 15.7. The van der Waals surface area contributed by atoms with Gasteiger partial charge in [0.25, 0.3) is 5.60 Å². The number of hydrogen-bond acceptors (Lipinski definition) is 18. The van der Waals surface area contributed by atoms with Gasteiger partial charge in [-0.1, -0.05) is 56.5 Å². The summed E-state index contributed by atoms with van der Waals surface area (Å²) in [5.74, 6) is -3.58. The molecule has 2 saturated carbocycles. The van der Waals surface area contributed by atoms with E-state index in [9.17, 15) is 63.8 Å². The number of hydrogen-bond donors (Lipinski definition) is 2. The van der Waals surface area contributed by atoms with Crippen molar-refractivity contribution in [2.45, 2.75) is 135 Å². The summed E-state index contributed by atoms with van der Waals surface area (Å²) in [5, 5.41) is 18.5. The van der Waals surface area contributed by atoms with E-state index < -0.39 is 62.3 Å². The van der Waals surface area contributed by atoms with Crippen LogP contribution >= 0.6 is 0 Å². The number of nitrogens with zero attached hydrogens (tertiary/aromatic N) is 7. The molecule has 2 aliphatic carbocycles. The van der Waals surface area contributed by atoms with Crippen LogP contribution in [0.1, 0.15) is 109 Å². The van der Waals surface area contributed by atoms with E-state index in [1.807, 2.05) is 74.8 Å². The van der Waals surface area contributed by atoms with Crippen molar-refractivity contribution in [3.05, 3.63) is 192 Å². The summed E-state index contributed by atoms with van der Waals surface area (Å²) < 4.78 is 126. The molecule has 0 amide bonds. The number of esters is 4. The van der Waals surface area contributed by atoms with Crippen molar-refractivity contribution in [1.29, 1.82) is 0 Å². The maximum absolute atomic E-state index is 13.2. The molecule has 6 heterocycles. The number of carbonyl (C=O) groups excluding carboxylic acids is 4. The van der Waals surface area contributed by atoms with Gasteiger partial charge < -0.3 is 29.2 Å². The maximum atomic E-state index is 13.2. The lowest BCUT2D eigenvalue weighted by Gasteiger charge is -2.40. The Morgan fingerprint density at radius 1 is 0.646 bits per heavy atom. The third kappa shape index (κ3) is 24.3. The Morgan fingerprint density at radius 3 is 1.54 bits per heavy atom. The number of aromatic nitrogens is 5. The number of benzene rings is 1. The van der Waals surface area contributed by atoms with Gasteiger partial charge in [-0.15, -0.1) is 0 Å².